The van der Waals surface area contributed by atoms with Crippen molar-refractivity contribution in [2.24, 2.45) is 5.73 Å². The molecule has 1 atom stereocenters. The Morgan fingerprint density at radius 3 is 2.38 bits per heavy atom. The van der Waals surface area contributed by atoms with Crippen molar-refractivity contribution in [1.82, 2.24) is 0 Å². The molecule has 0 aromatic heterocycles. The Morgan fingerprint density at radius 2 is 1.71 bits per heavy atom. The summed E-state index contributed by atoms with van der Waals surface area (Å²) in [6, 6.07) is 18.2. The molecule has 0 amide bonds. The maximum absolute atomic E-state index is 5.77. The van der Waals surface area contributed by atoms with Crippen molar-refractivity contribution in [2.75, 3.05) is 13.2 Å². The molecule has 1 unspecified atom stereocenters. The highest BCUT2D eigenvalue weighted by atomic mass is 16.5. The SMILES string of the molecule is CC(OCCCN)c1ccc(OCc2ccccc2)cc1. The van der Waals surface area contributed by atoms with E-state index in [1.165, 1.54) is 5.56 Å². The second kappa shape index (κ2) is 8.45. The Balaban J connectivity index is 1.84. The summed E-state index contributed by atoms with van der Waals surface area (Å²) in [4.78, 5) is 0. The predicted octanol–water partition coefficient (Wildman–Crippen LogP) is 3.69. The van der Waals surface area contributed by atoms with Gasteiger partial charge in [-0.3, -0.25) is 0 Å². The number of ether oxygens (including phenoxy) is 2. The molecule has 0 heterocycles. The van der Waals surface area contributed by atoms with Gasteiger partial charge in [-0.15, -0.1) is 0 Å². The zero-order valence-corrected chi connectivity index (χ0v) is 12.5. The van der Waals surface area contributed by atoms with Crippen molar-refractivity contribution in [3.8, 4) is 5.75 Å². The van der Waals surface area contributed by atoms with E-state index in [1.807, 2.05) is 42.5 Å². The van der Waals surface area contributed by atoms with Gasteiger partial charge in [-0.1, -0.05) is 42.5 Å². The molecule has 3 nitrogen and oxygen atoms in total. The molecular weight excluding hydrogens is 262 g/mol. The molecule has 0 saturated carbocycles. The van der Waals surface area contributed by atoms with Gasteiger partial charge in [-0.2, -0.15) is 0 Å². The van der Waals surface area contributed by atoms with E-state index in [0.29, 0.717) is 19.8 Å². The zero-order chi connectivity index (χ0) is 14.9. The minimum atomic E-state index is 0.0831. The molecule has 0 radical (unpaired) electrons. The molecule has 0 aliphatic rings. The standard InChI is InChI=1S/C18H23NO2/c1-15(20-13-5-12-19)17-8-10-18(11-9-17)21-14-16-6-3-2-4-7-16/h2-4,6-11,15H,5,12-14,19H2,1H3. The fraction of sp³-hybridized carbons (Fsp3) is 0.333. The van der Waals surface area contributed by atoms with E-state index in [2.05, 4.69) is 19.1 Å². The minimum Gasteiger partial charge on any atom is -0.489 e. The fourth-order valence-electron chi connectivity index (χ4n) is 2.02. The largest absolute Gasteiger partial charge is 0.489 e. The van der Waals surface area contributed by atoms with Gasteiger partial charge in [0.15, 0.2) is 0 Å². The molecule has 0 spiro atoms. The highest BCUT2D eigenvalue weighted by molar-refractivity contribution is 5.28. The van der Waals surface area contributed by atoms with Crippen molar-refractivity contribution in [3.05, 3.63) is 65.7 Å². The summed E-state index contributed by atoms with van der Waals surface area (Å²) in [5.41, 5.74) is 7.78. The number of hydrogen-bond acceptors (Lipinski definition) is 3. The van der Waals surface area contributed by atoms with E-state index in [9.17, 15) is 0 Å². The van der Waals surface area contributed by atoms with Crippen LogP contribution in [0.1, 0.15) is 30.6 Å². The van der Waals surface area contributed by atoms with Crippen LogP contribution in [0.25, 0.3) is 0 Å². The van der Waals surface area contributed by atoms with Gasteiger partial charge in [0, 0.05) is 6.61 Å². The minimum absolute atomic E-state index is 0.0831. The summed E-state index contributed by atoms with van der Waals surface area (Å²) in [6.45, 7) is 4.00. The van der Waals surface area contributed by atoms with Gasteiger partial charge < -0.3 is 15.2 Å². The van der Waals surface area contributed by atoms with E-state index in [0.717, 1.165) is 17.7 Å². The Kier molecular flexibility index (Phi) is 6.25. The van der Waals surface area contributed by atoms with Gasteiger partial charge in [0.1, 0.15) is 12.4 Å². The summed E-state index contributed by atoms with van der Waals surface area (Å²) in [5.74, 6) is 0.872. The molecule has 2 aromatic rings. The lowest BCUT2D eigenvalue weighted by atomic mass is 10.1. The normalized spacial score (nSPS) is 12.1. The van der Waals surface area contributed by atoms with Crippen LogP contribution in [0.15, 0.2) is 54.6 Å². The van der Waals surface area contributed by atoms with Crippen LogP contribution >= 0.6 is 0 Å². The number of benzene rings is 2. The van der Waals surface area contributed by atoms with Gasteiger partial charge in [-0.25, -0.2) is 0 Å². The van der Waals surface area contributed by atoms with Crippen LogP contribution in [0, 0.1) is 0 Å². The van der Waals surface area contributed by atoms with Crippen LogP contribution < -0.4 is 10.5 Å². The van der Waals surface area contributed by atoms with E-state index >= 15 is 0 Å². The van der Waals surface area contributed by atoms with Crippen molar-refractivity contribution < 1.29 is 9.47 Å². The third-order valence-corrected chi connectivity index (χ3v) is 3.31. The van der Waals surface area contributed by atoms with Crippen molar-refractivity contribution in [3.63, 3.8) is 0 Å². The maximum Gasteiger partial charge on any atom is 0.119 e. The van der Waals surface area contributed by atoms with Crippen molar-refractivity contribution >= 4 is 0 Å². The monoisotopic (exact) mass is 285 g/mol. The van der Waals surface area contributed by atoms with Gasteiger partial charge in [-0.05, 0) is 43.1 Å². The van der Waals surface area contributed by atoms with Crippen LogP contribution in [0.4, 0.5) is 0 Å². The van der Waals surface area contributed by atoms with Crippen molar-refractivity contribution in [1.29, 1.82) is 0 Å². The molecule has 0 fully saturated rings. The van der Waals surface area contributed by atoms with Gasteiger partial charge in [0.25, 0.3) is 0 Å². The molecule has 0 aliphatic heterocycles. The molecule has 0 saturated heterocycles. The first-order valence-corrected chi connectivity index (χ1v) is 7.38. The summed E-state index contributed by atoms with van der Waals surface area (Å²) in [5, 5.41) is 0. The first kappa shape index (κ1) is 15.5. The summed E-state index contributed by atoms with van der Waals surface area (Å²) in [6.07, 6.45) is 0.975. The molecule has 112 valence electrons. The smallest absolute Gasteiger partial charge is 0.119 e. The number of nitrogens with two attached hydrogens (primary N) is 1. The Hall–Kier alpha value is -1.84. The first-order chi connectivity index (χ1) is 10.3. The second-order valence-corrected chi connectivity index (χ2v) is 5.00. The second-order valence-electron chi connectivity index (χ2n) is 5.00. The predicted molar refractivity (Wildman–Crippen MR) is 85.3 cm³/mol. The van der Waals surface area contributed by atoms with Gasteiger partial charge >= 0.3 is 0 Å². The Labute approximate surface area is 126 Å². The molecule has 2 rings (SSSR count). The van der Waals surface area contributed by atoms with Crippen LogP contribution in [0.3, 0.4) is 0 Å². The quantitative estimate of drug-likeness (QED) is 0.752. The number of hydrogen-bond donors (Lipinski definition) is 1. The van der Waals surface area contributed by atoms with Crippen LogP contribution in [0.2, 0.25) is 0 Å². The van der Waals surface area contributed by atoms with Gasteiger partial charge in [0.05, 0.1) is 6.10 Å². The summed E-state index contributed by atoms with van der Waals surface area (Å²) in [7, 11) is 0. The summed E-state index contributed by atoms with van der Waals surface area (Å²) < 4.78 is 11.5. The highest BCUT2D eigenvalue weighted by Crippen LogP contribution is 2.21. The topological polar surface area (TPSA) is 44.5 Å². The molecule has 0 aliphatic carbocycles. The third-order valence-electron chi connectivity index (χ3n) is 3.31. The fourth-order valence-corrected chi connectivity index (χ4v) is 2.02. The Morgan fingerprint density at radius 1 is 1.00 bits per heavy atom. The van der Waals surface area contributed by atoms with Gasteiger partial charge in [0.2, 0.25) is 0 Å². The Bertz CT molecular complexity index is 511. The van der Waals surface area contributed by atoms with Crippen LogP contribution in [-0.4, -0.2) is 13.2 Å². The average Bonchev–Trinajstić information content (AvgIpc) is 2.54. The van der Waals surface area contributed by atoms with Crippen LogP contribution in [-0.2, 0) is 11.3 Å². The zero-order valence-electron chi connectivity index (χ0n) is 12.5. The first-order valence-electron chi connectivity index (χ1n) is 7.38. The lowest BCUT2D eigenvalue weighted by molar-refractivity contribution is 0.0651. The molecule has 0 bridgehead atoms. The lowest BCUT2D eigenvalue weighted by Gasteiger charge is -2.14. The molecule has 21 heavy (non-hydrogen) atoms. The molecule has 3 heteroatoms. The van der Waals surface area contributed by atoms with Crippen molar-refractivity contribution in [2.45, 2.75) is 26.1 Å². The van der Waals surface area contributed by atoms with E-state index in [1.54, 1.807) is 0 Å². The van der Waals surface area contributed by atoms with E-state index in [4.69, 9.17) is 15.2 Å². The molecule has 2 aromatic carbocycles. The van der Waals surface area contributed by atoms with E-state index in [-0.39, 0.29) is 6.10 Å². The molecule has 2 N–H and O–H groups in total. The van der Waals surface area contributed by atoms with Crippen LogP contribution in [0.5, 0.6) is 5.75 Å². The highest BCUT2D eigenvalue weighted by Gasteiger charge is 2.05. The summed E-state index contributed by atoms with van der Waals surface area (Å²) >= 11 is 0. The number of rotatable bonds is 8. The average molecular weight is 285 g/mol. The van der Waals surface area contributed by atoms with E-state index < -0.39 is 0 Å². The third kappa shape index (κ3) is 5.21. The maximum atomic E-state index is 5.77. The molecular formula is C18H23NO2. The lowest BCUT2D eigenvalue weighted by Crippen LogP contribution is -2.07.